The Labute approximate surface area is 107 Å². The summed E-state index contributed by atoms with van der Waals surface area (Å²) in [5.74, 6) is -0.127. The van der Waals surface area contributed by atoms with E-state index in [1.807, 2.05) is 0 Å². The van der Waals surface area contributed by atoms with Gasteiger partial charge in [-0.1, -0.05) is 6.92 Å². The van der Waals surface area contributed by atoms with Crippen LogP contribution >= 0.6 is 0 Å². The fourth-order valence-electron chi connectivity index (χ4n) is 2.38. The van der Waals surface area contributed by atoms with Crippen LogP contribution < -0.4 is 11.1 Å². The Morgan fingerprint density at radius 2 is 2.44 bits per heavy atom. The highest BCUT2D eigenvalue weighted by atomic mass is 16.1. The van der Waals surface area contributed by atoms with Gasteiger partial charge in [-0.15, -0.1) is 0 Å². The van der Waals surface area contributed by atoms with Gasteiger partial charge in [-0.2, -0.15) is 0 Å². The minimum Gasteiger partial charge on any atom is -0.397 e. The van der Waals surface area contributed by atoms with E-state index in [0.717, 1.165) is 19.5 Å². The third kappa shape index (κ3) is 2.98. The number of carbonyl (C=O) groups is 1. The Hall–Kier alpha value is -1.62. The highest BCUT2D eigenvalue weighted by Crippen LogP contribution is 2.15. The molecule has 1 aliphatic rings. The minimum atomic E-state index is -0.127. The molecule has 5 heteroatoms. The van der Waals surface area contributed by atoms with Crippen molar-refractivity contribution < 1.29 is 4.79 Å². The van der Waals surface area contributed by atoms with Crippen LogP contribution in [0.1, 0.15) is 30.3 Å². The highest BCUT2D eigenvalue weighted by molar-refractivity contribution is 5.92. The monoisotopic (exact) mass is 248 g/mol. The van der Waals surface area contributed by atoms with Gasteiger partial charge in [-0.05, 0) is 38.1 Å². The van der Waals surface area contributed by atoms with E-state index in [0.29, 0.717) is 24.0 Å². The van der Waals surface area contributed by atoms with E-state index >= 15 is 0 Å². The number of hydrogen-bond donors (Lipinski definition) is 2. The van der Waals surface area contributed by atoms with Crippen LogP contribution in [0.25, 0.3) is 0 Å². The summed E-state index contributed by atoms with van der Waals surface area (Å²) in [7, 11) is 0. The normalized spacial score (nSPS) is 19.9. The van der Waals surface area contributed by atoms with Crippen LogP contribution in [0.4, 0.5) is 5.69 Å². The first-order chi connectivity index (χ1) is 8.70. The summed E-state index contributed by atoms with van der Waals surface area (Å²) in [4.78, 5) is 18.3. The Morgan fingerprint density at radius 1 is 1.61 bits per heavy atom. The summed E-state index contributed by atoms with van der Waals surface area (Å²) in [6.07, 6.45) is 3.88. The van der Waals surface area contributed by atoms with E-state index in [4.69, 9.17) is 5.73 Å². The Bertz CT molecular complexity index is 404. The summed E-state index contributed by atoms with van der Waals surface area (Å²) in [5, 5.41) is 2.94. The SMILES string of the molecule is CCN1CCCC1CNC(=O)c1ccc(N)cn1. The average Bonchev–Trinajstić information content (AvgIpc) is 2.84. The third-order valence-corrected chi connectivity index (χ3v) is 3.42. The maximum Gasteiger partial charge on any atom is 0.269 e. The van der Waals surface area contributed by atoms with Gasteiger partial charge in [0.05, 0.1) is 11.9 Å². The van der Waals surface area contributed by atoms with Crippen molar-refractivity contribution in [3.63, 3.8) is 0 Å². The van der Waals surface area contributed by atoms with Crippen LogP contribution in [0.5, 0.6) is 0 Å². The molecule has 0 radical (unpaired) electrons. The molecule has 1 fully saturated rings. The van der Waals surface area contributed by atoms with E-state index in [1.165, 1.54) is 12.6 Å². The lowest BCUT2D eigenvalue weighted by molar-refractivity contribution is 0.0936. The molecule has 1 unspecified atom stereocenters. The number of carbonyl (C=O) groups excluding carboxylic acids is 1. The number of likely N-dealkylation sites (tertiary alicyclic amines) is 1. The molecule has 18 heavy (non-hydrogen) atoms. The maximum atomic E-state index is 11.9. The quantitative estimate of drug-likeness (QED) is 0.829. The number of amides is 1. The Morgan fingerprint density at radius 3 is 3.11 bits per heavy atom. The fraction of sp³-hybridized carbons (Fsp3) is 0.538. The third-order valence-electron chi connectivity index (χ3n) is 3.42. The summed E-state index contributed by atoms with van der Waals surface area (Å²) in [5.41, 5.74) is 6.53. The zero-order valence-electron chi connectivity index (χ0n) is 10.7. The number of hydrogen-bond acceptors (Lipinski definition) is 4. The number of nitrogens with one attached hydrogen (secondary N) is 1. The van der Waals surface area contributed by atoms with Crippen LogP contribution in [0, 0.1) is 0 Å². The fourth-order valence-corrected chi connectivity index (χ4v) is 2.38. The van der Waals surface area contributed by atoms with Crippen LogP contribution in [0.15, 0.2) is 18.3 Å². The molecule has 1 aromatic rings. The molecule has 1 atom stereocenters. The predicted molar refractivity (Wildman–Crippen MR) is 71.3 cm³/mol. The predicted octanol–water partition coefficient (Wildman–Crippen LogP) is 0.878. The number of nitrogen functional groups attached to an aromatic ring is 1. The van der Waals surface area contributed by atoms with Crippen molar-refractivity contribution in [1.82, 2.24) is 15.2 Å². The van der Waals surface area contributed by atoms with E-state index in [1.54, 1.807) is 12.1 Å². The second kappa shape index (κ2) is 5.82. The minimum absolute atomic E-state index is 0.127. The molecule has 1 amide bonds. The molecule has 0 bridgehead atoms. The number of nitrogens with zero attached hydrogens (tertiary/aromatic N) is 2. The molecule has 5 nitrogen and oxygen atoms in total. The van der Waals surface area contributed by atoms with Gasteiger partial charge in [0.15, 0.2) is 0 Å². The molecule has 0 aliphatic carbocycles. The smallest absolute Gasteiger partial charge is 0.269 e. The van der Waals surface area contributed by atoms with Gasteiger partial charge in [0, 0.05) is 12.6 Å². The zero-order chi connectivity index (χ0) is 13.0. The Kier molecular flexibility index (Phi) is 4.15. The molecule has 0 aromatic carbocycles. The first kappa shape index (κ1) is 12.8. The molecule has 0 saturated carbocycles. The van der Waals surface area contributed by atoms with Gasteiger partial charge in [-0.25, -0.2) is 4.98 Å². The number of aromatic nitrogens is 1. The average molecular weight is 248 g/mol. The first-order valence-corrected chi connectivity index (χ1v) is 6.44. The lowest BCUT2D eigenvalue weighted by atomic mass is 10.2. The molecule has 0 spiro atoms. The number of rotatable bonds is 4. The van der Waals surface area contributed by atoms with Crippen molar-refractivity contribution in [2.45, 2.75) is 25.8 Å². The first-order valence-electron chi connectivity index (χ1n) is 6.44. The van der Waals surface area contributed by atoms with Crippen molar-refractivity contribution in [3.05, 3.63) is 24.0 Å². The number of likely N-dealkylation sites (N-methyl/N-ethyl adjacent to an activating group) is 1. The van der Waals surface area contributed by atoms with Crippen molar-refractivity contribution in [2.75, 3.05) is 25.4 Å². The topological polar surface area (TPSA) is 71.2 Å². The van der Waals surface area contributed by atoms with Crippen LogP contribution in [-0.4, -0.2) is 41.5 Å². The summed E-state index contributed by atoms with van der Waals surface area (Å²) >= 11 is 0. The summed E-state index contributed by atoms with van der Waals surface area (Å²) in [6, 6.07) is 3.81. The molecule has 3 N–H and O–H groups in total. The second-order valence-corrected chi connectivity index (χ2v) is 4.61. The van der Waals surface area contributed by atoms with Crippen LogP contribution in [0.3, 0.4) is 0 Å². The molecule has 98 valence electrons. The summed E-state index contributed by atoms with van der Waals surface area (Å²) in [6.45, 7) is 5.03. The number of nitrogens with two attached hydrogens (primary N) is 1. The van der Waals surface area contributed by atoms with E-state index in [9.17, 15) is 4.79 Å². The molecule has 1 aromatic heterocycles. The van der Waals surface area contributed by atoms with Gasteiger partial charge in [0.25, 0.3) is 5.91 Å². The lowest BCUT2D eigenvalue weighted by Gasteiger charge is -2.22. The standard InChI is InChI=1S/C13H20N4O/c1-2-17-7-3-4-11(17)9-16-13(18)12-6-5-10(14)8-15-12/h5-6,8,11H,2-4,7,9,14H2,1H3,(H,16,18). The molecule has 2 heterocycles. The lowest BCUT2D eigenvalue weighted by Crippen LogP contribution is -2.40. The molecular formula is C13H20N4O. The van der Waals surface area contributed by atoms with Crippen LogP contribution in [-0.2, 0) is 0 Å². The highest BCUT2D eigenvalue weighted by Gasteiger charge is 2.23. The van der Waals surface area contributed by atoms with E-state index < -0.39 is 0 Å². The van der Waals surface area contributed by atoms with Crippen molar-refractivity contribution in [3.8, 4) is 0 Å². The second-order valence-electron chi connectivity index (χ2n) is 4.61. The maximum absolute atomic E-state index is 11.9. The van der Waals surface area contributed by atoms with Crippen molar-refractivity contribution in [1.29, 1.82) is 0 Å². The van der Waals surface area contributed by atoms with Gasteiger partial charge in [0.1, 0.15) is 5.69 Å². The zero-order valence-corrected chi connectivity index (χ0v) is 10.7. The van der Waals surface area contributed by atoms with E-state index in [2.05, 4.69) is 22.1 Å². The molecule has 2 rings (SSSR count). The van der Waals surface area contributed by atoms with Crippen molar-refractivity contribution in [2.24, 2.45) is 0 Å². The number of anilines is 1. The van der Waals surface area contributed by atoms with Gasteiger partial charge in [0.2, 0.25) is 0 Å². The van der Waals surface area contributed by atoms with Crippen LogP contribution in [0.2, 0.25) is 0 Å². The van der Waals surface area contributed by atoms with Gasteiger partial charge < -0.3 is 11.1 Å². The van der Waals surface area contributed by atoms with E-state index in [-0.39, 0.29) is 5.91 Å². The molecular weight excluding hydrogens is 228 g/mol. The number of pyridine rings is 1. The molecule has 1 aliphatic heterocycles. The van der Waals surface area contributed by atoms with Gasteiger partial charge in [-0.3, -0.25) is 9.69 Å². The van der Waals surface area contributed by atoms with Gasteiger partial charge >= 0.3 is 0 Å². The largest absolute Gasteiger partial charge is 0.397 e. The Balaban J connectivity index is 1.86. The summed E-state index contributed by atoms with van der Waals surface area (Å²) < 4.78 is 0. The van der Waals surface area contributed by atoms with Crippen molar-refractivity contribution >= 4 is 11.6 Å². The molecule has 1 saturated heterocycles.